The van der Waals surface area contributed by atoms with Crippen LogP contribution in [0, 0.1) is 5.92 Å². The molecule has 2 heteroatoms. The van der Waals surface area contributed by atoms with Gasteiger partial charge in [0.25, 0.3) is 0 Å². The van der Waals surface area contributed by atoms with E-state index in [0.717, 1.165) is 13.1 Å². The quantitative estimate of drug-likeness (QED) is 0.569. The number of nitrogens with one attached hydrogen (secondary N) is 1. The molecule has 9 heavy (non-hydrogen) atoms. The van der Waals surface area contributed by atoms with E-state index in [0.29, 0.717) is 6.04 Å². The fourth-order valence-electron chi connectivity index (χ4n) is 0.949. The molecule has 0 amide bonds. The van der Waals surface area contributed by atoms with Gasteiger partial charge in [-0.3, -0.25) is 0 Å². The molecule has 1 saturated carbocycles. The van der Waals surface area contributed by atoms with E-state index in [1.807, 2.05) is 0 Å². The maximum Gasteiger partial charge on any atom is 0.0102 e. The van der Waals surface area contributed by atoms with Crippen molar-refractivity contribution < 1.29 is 0 Å². The van der Waals surface area contributed by atoms with E-state index in [-0.39, 0.29) is 0 Å². The van der Waals surface area contributed by atoms with Gasteiger partial charge < -0.3 is 11.1 Å². The molecule has 0 saturated heterocycles. The average Bonchev–Trinajstić information content (AvgIpc) is 2.63. The predicted molar refractivity (Wildman–Crippen MR) is 39.0 cm³/mol. The Balaban J connectivity index is 1.96. The third kappa shape index (κ3) is 2.33. The minimum absolute atomic E-state index is 0.619. The van der Waals surface area contributed by atoms with E-state index in [1.165, 1.54) is 12.8 Å². The molecular weight excluding hydrogens is 112 g/mol. The van der Waals surface area contributed by atoms with E-state index >= 15 is 0 Å². The molecule has 0 bridgehead atoms. The van der Waals surface area contributed by atoms with Gasteiger partial charge in [0.15, 0.2) is 0 Å². The Labute approximate surface area is 56.8 Å². The topological polar surface area (TPSA) is 38.0 Å². The molecule has 2 nitrogen and oxygen atoms in total. The van der Waals surface area contributed by atoms with Crippen LogP contribution in [-0.4, -0.2) is 19.1 Å². The fraction of sp³-hybridized carbons (Fsp3) is 0.857. The van der Waals surface area contributed by atoms with Crippen LogP contribution in [-0.2, 0) is 0 Å². The second-order valence-corrected chi connectivity index (χ2v) is 2.62. The van der Waals surface area contributed by atoms with Crippen molar-refractivity contribution in [1.82, 2.24) is 5.32 Å². The van der Waals surface area contributed by atoms with Crippen molar-refractivity contribution in [1.29, 1.82) is 0 Å². The average molecular weight is 127 g/mol. The third-order valence-electron chi connectivity index (χ3n) is 1.75. The predicted octanol–water partition coefficient (Wildman–Crippen LogP) is 0.291. The largest absolute Gasteiger partial charge is 0.329 e. The molecule has 0 aliphatic heterocycles. The van der Waals surface area contributed by atoms with Gasteiger partial charge in [-0.25, -0.2) is 0 Å². The lowest BCUT2D eigenvalue weighted by Crippen LogP contribution is -2.31. The first-order valence-electron chi connectivity index (χ1n) is 3.62. The van der Waals surface area contributed by atoms with Crippen LogP contribution < -0.4 is 11.1 Å². The second kappa shape index (κ2) is 3.18. The van der Waals surface area contributed by atoms with Crippen LogP contribution in [0.25, 0.3) is 0 Å². The van der Waals surface area contributed by atoms with E-state index < -0.39 is 0 Å². The smallest absolute Gasteiger partial charge is 0.0102 e. The van der Waals surface area contributed by atoms with Crippen LogP contribution >= 0.6 is 0 Å². The summed E-state index contributed by atoms with van der Waals surface area (Å²) in [6.45, 7) is 3.90. The summed E-state index contributed by atoms with van der Waals surface area (Å²) in [6.07, 6.45) is 2.66. The molecule has 1 aliphatic rings. The van der Waals surface area contributed by atoms with E-state index in [9.17, 15) is 0 Å². The van der Waals surface area contributed by atoms with Gasteiger partial charge >= 0.3 is 0 Å². The zero-order valence-electron chi connectivity index (χ0n) is 5.98. The molecule has 3 N–H and O–H groups in total. The first-order chi connectivity index (χ1) is 4.34. The Morgan fingerprint density at radius 2 is 2.33 bits per heavy atom. The van der Waals surface area contributed by atoms with Gasteiger partial charge in [-0.1, -0.05) is 0 Å². The molecule has 0 spiro atoms. The monoisotopic (exact) mass is 127 g/mol. The summed E-state index contributed by atoms with van der Waals surface area (Å²) in [5.41, 5.74) is 5.33. The molecule has 1 radical (unpaired) electrons. The highest BCUT2D eigenvalue weighted by Gasteiger charge is 2.27. The Morgan fingerprint density at radius 3 is 2.78 bits per heavy atom. The van der Waals surface area contributed by atoms with Gasteiger partial charge in [0.2, 0.25) is 0 Å². The van der Waals surface area contributed by atoms with Gasteiger partial charge in [0.05, 0.1) is 0 Å². The summed E-state index contributed by atoms with van der Waals surface area (Å²) in [6, 6.07) is 0.619. The van der Waals surface area contributed by atoms with Crippen LogP contribution in [0.15, 0.2) is 0 Å². The van der Waals surface area contributed by atoms with Crippen LogP contribution in [0.5, 0.6) is 0 Å². The first-order valence-corrected chi connectivity index (χ1v) is 3.62. The minimum Gasteiger partial charge on any atom is -0.329 e. The molecule has 1 unspecified atom stereocenters. The van der Waals surface area contributed by atoms with Crippen LogP contribution in [0.2, 0.25) is 0 Å². The molecule has 0 aromatic heterocycles. The zero-order chi connectivity index (χ0) is 6.69. The molecule has 0 aromatic carbocycles. The molecule has 0 heterocycles. The lowest BCUT2D eigenvalue weighted by atomic mass is 10.2. The van der Waals surface area contributed by atoms with Gasteiger partial charge in [-0.05, 0) is 25.7 Å². The zero-order valence-corrected chi connectivity index (χ0v) is 5.98. The second-order valence-electron chi connectivity index (χ2n) is 2.62. The van der Waals surface area contributed by atoms with Crippen molar-refractivity contribution in [2.45, 2.75) is 25.8 Å². The summed E-state index contributed by atoms with van der Waals surface area (Å²) < 4.78 is 0. The normalized spacial score (nSPS) is 22.0. The summed E-state index contributed by atoms with van der Waals surface area (Å²) >= 11 is 0. The molecule has 53 valence electrons. The molecule has 1 atom stereocenters. The Hall–Kier alpha value is -0.0800. The Kier molecular flexibility index (Phi) is 2.49. The maximum atomic E-state index is 5.33. The summed E-state index contributed by atoms with van der Waals surface area (Å²) in [5, 5.41) is 3.33. The molecular formula is C7H15N2. The summed E-state index contributed by atoms with van der Waals surface area (Å²) in [7, 11) is 0. The van der Waals surface area contributed by atoms with Gasteiger partial charge in [-0.15, -0.1) is 0 Å². The minimum atomic E-state index is 0.619. The lowest BCUT2D eigenvalue weighted by Gasteiger charge is -2.09. The van der Waals surface area contributed by atoms with E-state index in [1.54, 1.807) is 5.92 Å². The lowest BCUT2D eigenvalue weighted by molar-refractivity contribution is 0.600. The number of hydrogen-bond donors (Lipinski definition) is 2. The third-order valence-corrected chi connectivity index (χ3v) is 1.75. The Morgan fingerprint density at radius 1 is 1.67 bits per heavy atom. The molecule has 0 aromatic rings. The maximum absolute atomic E-state index is 5.33. The molecule has 1 rings (SSSR count). The SMILES string of the molecule is CC(NCCN)[C]1CC1. The van der Waals surface area contributed by atoms with Gasteiger partial charge in [-0.2, -0.15) is 0 Å². The van der Waals surface area contributed by atoms with Crippen molar-refractivity contribution in [3.63, 3.8) is 0 Å². The van der Waals surface area contributed by atoms with Crippen molar-refractivity contribution in [2.24, 2.45) is 5.73 Å². The number of hydrogen-bond acceptors (Lipinski definition) is 2. The van der Waals surface area contributed by atoms with Crippen LogP contribution in [0.3, 0.4) is 0 Å². The van der Waals surface area contributed by atoms with Crippen LogP contribution in [0.1, 0.15) is 19.8 Å². The van der Waals surface area contributed by atoms with Crippen molar-refractivity contribution >= 4 is 0 Å². The molecule has 1 aliphatic carbocycles. The highest BCUT2D eigenvalue weighted by molar-refractivity contribution is 5.12. The van der Waals surface area contributed by atoms with Gasteiger partial charge in [0.1, 0.15) is 0 Å². The highest BCUT2D eigenvalue weighted by Crippen LogP contribution is 2.34. The van der Waals surface area contributed by atoms with Crippen molar-refractivity contribution in [3.05, 3.63) is 5.92 Å². The van der Waals surface area contributed by atoms with Crippen molar-refractivity contribution in [3.8, 4) is 0 Å². The number of nitrogens with two attached hydrogens (primary N) is 1. The summed E-state index contributed by atoms with van der Waals surface area (Å²) in [5.74, 6) is 1.66. The van der Waals surface area contributed by atoms with Crippen molar-refractivity contribution in [2.75, 3.05) is 13.1 Å². The van der Waals surface area contributed by atoms with E-state index in [2.05, 4.69) is 12.2 Å². The van der Waals surface area contributed by atoms with Crippen LogP contribution in [0.4, 0.5) is 0 Å². The first kappa shape index (κ1) is 7.03. The Bertz CT molecular complexity index is 79.0. The van der Waals surface area contributed by atoms with Gasteiger partial charge in [0, 0.05) is 19.1 Å². The number of rotatable bonds is 4. The molecule has 1 fully saturated rings. The summed E-state index contributed by atoms with van der Waals surface area (Å²) in [4.78, 5) is 0. The fourth-order valence-corrected chi connectivity index (χ4v) is 0.949. The standard InChI is InChI=1S/C7H15N2/c1-6(7-2-3-7)9-5-4-8/h6,9H,2-5,8H2,1H3. The highest BCUT2D eigenvalue weighted by atomic mass is 14.9. The van der Waals surface area contributed by atoms with E-state index in [4.69, 9.17) is 5.73 Å².